The van der Waals surface area contributed by atoms with Crippen molar-refractivity contribution in [3.05, 3.63) is 48.6 Å². The van der Waals surface area contributed by atoms with Crippen LogP contribution in [-0.2, 0) is 20.9 Å². The Balaban J connectivity index is 2.62. The molecule has 0 radical (unpaired) electrons. The number of carboxylic acid groups (broad SMARTS) is 1. The van der Waals surface area contributed by atoms with E-state index in [-0.39, 0.29) is 18.9 Å². The Bertz CT molecular complexity index is 601. The number of amides is 2. The van der Waals surface area contributed by atoms with Crippen LogP contribution in [0.25, 0.3) is 0 Å². The fourth-order valence-electron chi connectivity index (χ4n) is 2.08. The molecule has 7 heteroatoms. The highest BCUT2D eigenvalue weighted by molar-refractivity contribution is 5.89. The molecule has 2 atom stereocenters. The van der Waals surface area contributed by atoms with Crippen LogP contribution in [0.3, 0.4) is 0 Å². The third-order valence-corrected chi connectivity index (χ3v) is 3.45. The number of carboxylic acids is 1. The molecule has 0 unspecified atom stereocenters. The minimum atomic E-state index is -1.16. The van der Waals surface area contributed by atoms with Crippen LogP contribution in [0.15, 0.2) is 43.0 Å². The summed E-state index contributed by atoms with van der Waals surface area (Å²) < 4.78 is 5.10. The van der Waals surface area contributed by atoms with Crippen molar-refractivity contribution in [1.29, 1.82) is 0 Å². The van der Waals surface area contributed by atoms with Crippen LogP contribution < -0.4 is 10.6 Å². The molecule has 0 saturated heterocycles. The van der Waals surface area contributed by atoms with Gasteiger partial charge < -0.3 is 20.5 Å². The van der Waals surface area contributed by atoms with Crippen LogP contribution in [-0.4, -0.2) is 35.2 Å². The van der Waals surface area contributed by atoms with Crippen LogP contribution >= 0.6 is 0 Å². The normalized spacial score (nSPS) is 12.8. The van der Waals surface area contributed by atoms with Crippen molar-refractivity contribution in [3.63, 3.8) is 0 Å². The summed E-state index contributed by atoms with van der Waals surface area (Å²) in [6, 6.07) is 7.13. The lowest BCUT2D eigenvalue weighted by Gasteiger charge is -2.23. The summed E-state index contributed by atoms with van der Waals surface area (Å²) in [4.78, 5) is 35.4. The maximum absolute atomic E-state index is 12.3. The Morgan fingerprint density at radius 1 is 1.20 bits per heavy atom. The van der Waals surface area contributed by atoms with Crippen LogP contribution in [0.1, 0.15) is 25.8 Å². The van der Waals surface area contributed by atoms with Crippen LogP contribution in [0.5, 0.6) is 0 Å². The molecule has 0 aromatic heterocycles. The fraction of sp³-hybridized carbons (Fsp3) is 0.389. The molecule has 1 rings (SSSR count). The monoisotopic (exact) mass is 348 g/mol. The van der Waals surface area contributed by atoms with E-state index in [1.807, 2.05) is 30.3 Å². The van der Waals surface area contributed by atoms with Gasteiger partial charge in [-0.1, -0.05) is 50.3 Å². The number of carbonyl (C=O) groups excluding carboxylic acids is 2. The van der Waals surface area contributed by atoms with Gasteiger partial charge in [-0.25, -0.2) is 9.59 Å². The van der Waals surface area contributed by atoms with Crippen molar-refractivity contribution in [3.8, 4) is 0 Å². The standard InChI is InChI=1S/C18H24N2O5/c1-4-8-14(17(22)23)19-16(21)15(12(2)3)20-18(24)25-11-13-9-6-5-7-10-13/h4-7,9-10,12,14-15H,1,8,11H2,2-3H3,(H,19,21)(H,20,24)(H,22,23)/t14-,15+/m1/s1. The lowest BCUT2D eigenvalue weighted by atomic mass is 10.0. The summed E-state index contributed by atoms with van der Waals surface area (Å²) in [6.07, 6.45) is 0.753. The number of hydrogen-bond acceptors (Lipinski definition) is 4. The van der Waals surface area contributed by atoms with E-state index in [0.29, 0.717) is 0 Å². The summed E-state index contributed by atoms with van der Waals surface area (Å²) in [7, 11) is 0. The molecule has 0 spiro atoms. The summed E-state index contributed by atoms with van der Waals surface area (Å²) in [6.45, 7) is 7.03. The lowest BCUT2D eigenvalue weighted by molar-refractivity contribution is -0.142. The van der Waals surface area contributed by atoms with E-state index in [4.69, 9.17) is 9.84 Å². The molecular formula is C18H24N2O5. The molecule has 0 aliphatic heterocycles. The molecule has 0 aliphatic rings. The molecule has 2 amide bonds. The van der Waals surface area contributed by atoms with Crippen molar-refractivity contribution in [2.75, 3.05) is 0 Å². The molecule has 3 N–H and O–H groups in total. The van der Waals surface area contributed by atoms with E-state index in [2.05, 4.69) is 17.2 Å². The van der Waals surface area contributed by atoms with Crippen molar-refractivity contribution >= 4 is 18.0 Å². The first-order valence-electron chi connectivity index (χ1n) is 7.96. The van der Waals surface area contributed by atoms with Gasteiger partial charge in [-0.2, -0.15) is 0 Å². The molecule has 7 nitrogen and oxygen atoms in total. The van der Waals surface area contributed by atoms with E-state index >= 15 is 0 Å². The van der Waals surface area contributed by atoms with Crippen LogP contribution in [0.2, 0.25) is 0 Å². The smallest absolute Gasteiger partial charge is 0.408 e. The zero-order valence-electron chi connectivity index (χ0n) is 14.4. The number of rotatable bonds is 9. The summed E-state index contributed by atoms with van der Waals surface area (Å²) in [5.41, 5.74) is 0.820. The van der Waals surface area contributed by atoms with E-state index in [1.165, 1.54) is 6.08 Å². The quantitative estimate of drug-likeness (QED) is 0.593. The topological polar surface area (TPSA) is 105 Å². The minimum absolute atomic E-state index is 0.0767. The third kappa shape index (κ3) is 7.07. The summed E-state index contributed by atoms with van der Waals surface area (Å²) >= 11 is 0. The average Bonchev–Trinajstić information content (AvgIpc) is 2.57. The Labute approximate surface area is 147 Å². The first-order valence-corrected chi connectivity index (χ1v) is 7.96. The second-order valence-electron chi connectivity index (χ2n) is 5.85. The van der Waals surface area contributed by atoms with Gasteiger partial charge >= 0.3 is 12.1 Å². The van der Waals surface area contributed by atoms with Gasteiger partial charge in [0.2, 0.25) is 5.91 Å². The van der Waals surface area contributed by atoms with E-state index in [9.17, 15) is 14.4 Å². The van der Waals surface area contributed by atoms with Crippen molar-refractivity contribution in [1.82, 2.24) is 10.6 Å². The molecule has 1 aromatic carbocycles. The number of ether oxygens (including phenoxy) is 1. The predicted octanol–water partition coefficient (Wildman–Crippen LogP) is 2.08. The fourth-order valence-corrected chi connectivity index (χ4v) is 2.08. The second-order valence-corrected chi connectivity index (χ2v) is 5.85. The zero-order chi connectivity index (χ0) is 18.8. The highest BCUT2D eigenvalue weighted by Gasteiger charge is 2.28. The Morgan fingerprint density at radius 3 is 2.36 bits per heavy atom. The lowest BCUT2D eigenvalue weighted by Crippen LogP contribution is -2.53. The number of carbonyl (C=O) groups is 3. The Kier molecular flexibility index (Phi) is 8.18. The SMILES string of the molecule is C=CC[C@@H](NC(=O)[C@@H](NC(=O)OCc1ccccc1)C(C)C)C(=O)O. The molecule has 0 saturated carbocycles. The summed E-state index contributed by atoms with van der Waals surface area (Å²) in [5.74, 6) is -1.99. The number of benzene rings is 1. The third-order valence-electron chi connectivity index (χ3n) is 3.45. The molecular weight excluding hydrogens is 324 g/mol. The summed E-state index contributed by atoms with van der Waals surface area (Å²) in [5, 5.41) is 14.0. The first kappa shape index (κ1) is 20.2. The molecule has 1 aromatic rings. The van der Waals surface area contributed by atoms with Crippen LogP contribution in [0.4, 0.5) is 4.79 Å². The van der Waals surface area contributed by atoms with Crippen molar-refractivity contribution in [2.24, 2.45) is 5.92 Å². The van der Waals surface area contributed by atoms with Gasteiger partial charge in [0.1, 0.15) is 18.7 Å². The van der Waals surface area contributed by atoms with Gasteiger partial charge in [-0.15, -0.1) is 6.58 Å². The predicted molar refractivity (Wildman–Crippen MR) is 92.8 cm³/mol. The minimum Gasteiger partial charge on any atom is -0.480 e. The van der Waals surface area contributed by atoms with Gasteiger partial charge in [0.25, 0.3) is 0 Å². The number of alkyl carbamates (subject to hydrolysis) is 1. The van der Waals surface area contributed by atoms with Crippen molar-refractivity contribution in [2.45, 2.75) is 39.0 Å². The highest BCUT2D eigenvalue weighted by atomic mass is 16.5. The second kappa shape index (κ2) is 10.1. The zero-order valence-corrected chi connectivity index (χ0v) is 14.4. The van der Waals surface area contributed by atoms with Gasteiger partial charge in [-0.05, 0) is 17.9 Å². The molecule has 0 aliphatic carbocycles. The number of hydrogen-bond donors (Lipinski definition) is 3. The Hall–Kier alpha value is -2.83. The van der Waals surface area contributed by atoms with Gasteiger partial charge in [0.05, 0.1) is 0 Å². The highest BCUT2D eigenvalue weighted by Crippen LogP contribution is 2.06. The maximum Gasteiger partial charge on any atom is 0.408 e. The largest absolute Gasteiger partial charge is 0.480 e. The van der Waals surface area contributed by atoms with E-state index in [0.717, 1.165) is 5.56 Å². The molecule has 0 bridgehead atoms. The molecule has 0 fully saturated rings. The molecule has 25 heavy (non-hydrogen) atoms. The van der Waals surface area contributed by atoms with E-state index < -0.39 is 30.1 Å². The number of nitrogens with one attached hydrogen (secondary N) is 2. The first-order chi connectivity index (χ1) is 11.8. The van der Waals surface area contributed by atoms with E-state index in [1.54, 1.807) is 13.8 Å². The molecule has 136 valence electrons. The Morgan fingerprint density at radius 2 is 1.84 bits per heavy atom. The van der Waals surface area contributed by atoms with Gasteiger partial charge in [0, 0.05) is 0 Å². The molecule has 0 heterocycles. The van der Waals surface area contributed by atoms with Crippen LogP contribution in [0, 0.1) is 5.92 Å². The average molecular weight is 348 g/mol. The number of aliphatic carboxylic acids is 1. The van der Waals surface area contributed by atoms with Gasteiger partial charge in [-0.3, -0.25) is 4.79 Å². The van der Waals surface area contributed by atoms with Crippen molar-refractivity contribution < 1.29 is 24.2 Å². The maximum atomic E-state index is 12.3. The van der Waals surface area contributed by atoms with Gasteiger partial charge in [0.15, 0.2) is 0 Å².